The molecule has 0 bridgehead atoms. The van der Waals surface area contributed by atoms with E-state index in [9.17, 15) is 0 Å². The first-order valence-electron chi connectivity index (χ1n) is 4.33. The number of hydrogen-bond acceptors (Lipinski definition) is 0. The fraction of sp³-hybridized carbons (Fsp3) is 0.800. The molecule has 0 aliphatic carbocycles. The minimum Gasteiger partial charge on any atom is -0.0955 e. The molecule has 0 amide bonds. The summed E-state index contributed by atoms with van der Waals surface area (Å²) in [4.78, 5) is 0. The van der Waals surface area contributed by atoms with Gasteiger partial charge in [-0.15, -0.1) is 0 Å². The maximum Gasteiger partial charge on any atom is 0.0686 e. The first-order valence-corrected chi connectivity index (χ1v) is 7.90. The van der Waals surface area contributed by atoms with Crippen LogP contribution in [0.15, 0.2) is 11.3 Å². The second-order valence-electron chi connectivity index (χ2n) is 5.44. The van der Waals surface area contributed by atoms with Crippen molar-refractivity contribution in [3.8, 4) is 0 Å². The lowest BCUT2D eigenvalue weighted by molar-refractivity contribution is 0.505. The minimum absolute atomic E-state index is 0.361. The Labute approximate surface area is 72.7 Å². The highest BCUT2D eigenvalue weighted by Gasteiger charge is 2.16. The standard InChI is InChI=1S/C10H22Si/c1-9(10(2,3)4)8-11(5,6)7/h8H,1-7H3/b9-8+. The highest BCUT2D eigenvalue weighted by atomic mass is 28.3. The number of hydrogen-bond donors (Lipinski definition) is 0. The summed E-state index contributed by atoms with van der Waals surface area (Å²) in [5, 5.41) is 0. The van der Waals surface area contributed by atoms with Crippen molar-refractivity contribution in [3.05, 3.63) is 11.3 Å². The third-order valence-electron chi connectivity index (χ3n) is 1.83. The summed E-state index contributed by atoms with van der Waals surface area (Å²) >= 11 is 0. The molecule has 0 nitrogen and oxygen atoms in total. The maximum atomic E-state index is 2.49. The van der Waals surface area contributed by atoms with Crippen molar-refractivity contribution in [2.24, 2.45) is 5.41 Å². The summed E-state index contributed by atoms with van der Waals surface area (Å²) in [5.41, 5.74) is 4.39. The predicted molar refractivity (Wildman–Crippen MR) is 56.6 cm³/mol. The Morgan fingerprint density at radius 2 is 1.45 bits per heavy atom. The Balaban J connectivity index is 4.49. The third-order valence-corrected chi connectivity index (χ3v) is 3.13. The Kier molecular flexibility index (Phi) is 3.12. The molecule has 0 saturated carbocycles. The SMILES string of the molecule is C/C(=C\[Si](C)(C)C)C(C)(C)C. The first-order chi connectivity index (χ1) is 4.63. The van der Waals surface area contributed by atoms with Gasteiger partial charge in [-0.25, -0.2) is 0 Å². The molecule has 0 fully saturated rings. The van der Waals surface area contributed by atoms with Crippen LogP contribution in [0.25, 0.3) is 0 Å². The number of allylic oxidation sites excluding steroid dienone is 1. The van der Waals surface area contributed by atoms with Crippen LogP contribution < -0.4 is 0 Å². The summed E-state index contributed by atoms with van der Waals surface area (Å²) in [6.45, 7) is 16.2. The molecule has 0 rings (SSSR count). The Hall–Kier alpha value is -0.0431. The lowest BCUT2D eigenvalue weighted by Crippen LogP contribution is -2.20. The monoisotopic (exact) mass is 170 g/mol. The Morgan fingerprint density at radius 3 is 1.55 bits per heavy atom. The average molecular weight is 170 g/mol. The van der Waals surface area contributed by atoms with Crippen molar-refractivity contribution in [1.82, 2.24) is 0 Å². The lowest BCUT2D eigenvalue weighted by atomic mass is 9.89. The zero-order valence-corrected chi connectivity index (χ0v) is 10.1. The minimum atomic E-state index is -0.992. The molecule has 0 atom stereocenters. The summed E-state index contributed by atoms with van der Waals surface area (Å²) in [7, 11) is -0.992. The molecule has 0 saturated heterocycles. The van der Waals surface area contributed by atoms with Gasteiger partial charge in [0, 0.05) is 0 Å². The highest BCUT2D eigenvalue weighted by molar-refractivity contribution is 6.81. The highest BCUT2D eigenvalue weighted by Crippen LogP contribution is 2.25. The summed E-state index contributed by atoms with van der Waals surface area (Å²) in [5.74, 6) is 0. The van der Waals surface area contributed by atoms with E-state index in [4.69, 9.17) is 0 Å². The van der Waals surface area contributed by atoms with Crippen LogP contribution in [0.2, 0.25) is 19.6 Å². The molecular weight excluding hydrogens is 148 g/mol. The van der Waals surface area contributed by atoms with Crippen LogP contribution >= 0.6 is 0 Å². The van der Waals surface area contributed by atoms with E-state index in [1.54, 1.807) is 0 Å². The average Bonchev–Trinajstić information content (AvgIpc) is 1.56. The molecule has 0 radical (unpaired) electrons. The molecule has 0 aromatic heterocycles. The predicted octanol–water partition coefficient (Wildman–Crippen LogP) is 3.86. The molecule has 0 unspecified atom stereocenters. The summed E-state index contributed by atoms with van der Waals surface area (Å²) in [6, 6.07) is 0. The van der Waals surface area contributed by atoms with Gasteiger partial charge in [0.1, 0.15) is 0 Å². The zero-order chi connectivity index (χ0) is 9.28. The molecule has 0 aromatic rings. The van der Waals surface area contributed by atoms with Crippen molar-refractivity contribution in [2.75, 3.05) is 0 Å². The fourth-order valence-electron chi connectivity index (χ4n) is 0.866. The van der Waals surface area contributed by atoms with Gasteiger partial charge in [0.05, 0.1) is 8.07 Å². The van der Waals surface area contributed by atoms with Crippen LogP contribution in [0, 0.1) is 5.41 Å². The summed E-state index contributed by atoms with van der Waals surface area (Å²) < 4.78 is 0. The second-order valence-corrected chi connectivity index (χ2v) is 10.5. The molecular formula is C10H22Si. The molecule has 0 aliphatic rings. The maximum absolute atomic E-state index is 2.49. The van der Waals surface area contributed by atoms with Gasteiger partial charge in [0.15, 0.2) is 0 Å². The van der Waals surface area contributed by atoms with E-state index in [0.717, 1.165) is 0 Å². The van der Waals surface area contributed by atoms with Gasteiger partial charge >= 0.3 is 0 Å². The number of rotatable bonds is 1. The van der Waals surface area contributed by atoms with Gasteiger partial charge < -0.3 is 0 Å². The molecule has 0 aliphatic heterocycles. The molecule has 0 N–H and O–H groups in total. The van der Waals surface area contributed by atoms with Crippen molar-refractivity contribution >= 4 is 8.07 Å². The van der Waals surface area contributed by atoms with Gasteiger partial charge in [-0.05, 0) is 12.3 Å². The molecule has 0 heterocycles. The molecule has 66 valence electrons. The van der Waals surface area contributed by atoms with Crippen LogP contribution in [-0.4, -0.2) is 8.07 Å². The van der Waals surface area contributed by atoms with Gasteiger partial charge in [0.25, 0.3) is 0 Å². The molecule has 1 heteroatoms. The van der Waals surface area contributed by atoms with E-state index in [1.165, 1.54) is 5.57 Å². The van der Waals surface area contributed by atoms with E-state index in [1.807, 2.05) is 0 Å². The van der Waals surface area contributed by atoms with Crippen molar-refractivity contribution in [3.63, 3.8) is 0 Å². The lowest BCUT2D eigenvalue weighted by Gasteiger charge is -2.23. The van der Waals surface area contributed by atoms with Crippen LogP contribution in [0.4, 0.5) is 0 Å². The van der Waals surface area contributed by atoms with Gasteiger partial charge in [0.2, 0.25) is 0 Å². The largest absolute Gasteiger partial charge is 0.0955 e. The first kappa shape index (κ1) is 11.0. The van der Waals surface area contributed by atoms with Gasteiger partial charge in [-0.3, -0.25) is 0 Å². The van der Waals surface area contributed by atoms with Crippen molar-refractivity contribution < 1.29 is 0 Å². The van der Waals surface area contributed by atoms with Crippen LogP contribution in [-0.2, 0) is 0 Å². The van der Waals surface area contributed by atoms with E-state index in [2.05, 4.69) is 53.0 Å². The van der Waals surface area contributed by atoms with Gasteiger partial charge in [-0.1, -0.05) is 51.7 Å². The Bertz CT molecular complexity index is 153. The van der Waals surface area contributed by atoms with E-state index in [0.29, 0.717) is 5.41 Å². The van der Waals surface area contributed by atoms with Crippen LogP contribution in [0.3, 0.4) is 0 Å². The molecule has 11 heavy (non-hydrogen) atoms. The summed E-state index contributed by atoms with van der Waals surface area (Å²) in [6.07, 6.45) is 0. The molecule has 0 spiro atoms. The van der Waals surface area contributed by atoms with E-state index >= 15 is 0 Å². The van der Waals surface area contributed by atoms with Gasteiger partial charge in [-0.2, -0.15) is 0 Å². The van der Waals surface area contributed by atoms with E-state index < -0.39 is 8.07 Å². The second kappa shape index (κ2) is 3.14. The van der Waals surface area contributed by atoms with Crippen molar-refractivity contribution in [2.45, 2.75) is 47.3 Å². The Morgan fingerprint density at radius 1 is 1.09 bits per heavy atom. The quantitative estimate of drug-likeness (QED) is 0.524. The molecule has 0 aromatic carbocycles. The third kappa shape index (κ3) is 5.25. The smallest absolute Gasteiger partial charge is 0.0686 e. The van der Waals surface area contributed by atoms with Crippen LogP contribution in [0.1, 0.15) is 27.7 Å². The normalized spacial score (nSPS) is 15.4. The topological polar surface area (TPSA) is 0 Å². The van der Waals surface area contributed by atoms with Crippen molar-refractivity contribution in [1.29, 1.82) is 0 Å². The van der Waals surface area contributed by atoms with Crippen LogP contribution in [0.5, 0.6) is 0 Å². The fourth-order valence-corrected chi connectivity index (χ4v) is 2.60. The van der Waals surface area contributed by atoms with E-state index in [-0.39, 0.29) is 0 Å². The zero-order valence-electron chi connectivity index (χ0n) is 9.08.